The molecule has 0 bridgehead atoms. The quantitative estimate of drug-likeness (QED) is 0.572. The van der Waals surface area contributed by atoms with Crippen molar-refractivity contribution in [3.05, 3.63) is 11.6 Å². The Balaban J connectivity index is 1.56. The number of ketones is 1. The van der Waals surface area contributed by atoms with Gasteiger partial charge in [0.25, 0.3) is 0 Å². The zero-order valence-electron chi connectivity index (χ0n) is 17.8. The van der Waals surface area contributed by atoms with Gasteiger partial charge in [0, 0.05) is 30.4 Å². The zero-order valence-corrected chi connectivity index (χ0v) is 18.6. The lowest BCUT2D eigenvalue weighted by molar-refractivity contribution is -0.167. The maximum Gasteiger partial charge on any atom is 0.306 e. The van der Waals surface area contributed by atoms with Crippen LogP contribution in [0.5, 0.6) is 0 Å². The standard InChI is InChI=1S/C24H32O4S/c1-14(25)29-19-13-15-12-16(26)4-8-22(15,2)17-5-9-23(3)18(21(17)19)6-10-24(23)11-7-20(27)28-24/h12,17-19,21H,4-11,13H2,1-3H3/t17-,18-,19+,21+,22?,23?,24+/m0/s1. The van der Waals surface area contributed by atoms with Crippen LogP contribution >= 0.6 is 11.8 Å². The van der Waals surface area contributed by atoms with Gasteiger partial charge in [-0.3, -0.25) is 14.4 Å². The van der Waals surface area contributed by atoms with Crippen molar-refractivity contribution in [3.8, 4) is 0 Å². The molecule has 7 atom stereocenters. The first-order valence-electron chi connectivity index (χ1n) is 11.3. The normalized spacial score (nSPS) is 48.6. The minimum Gasteiger partial charge on any atom is -0.458 e. The predicted molar refractivity (Wildman–Crippen MR) is 112 cm³/mol. The maximum atomic E-state index is 12.2. The second-order valence-electron chi connectivity index (χ2n) is 10.7. The van der Waals surface area contributed by atoms with Crippen LogP contribution in [-0.2, 0) is 19.1 Å². The van der Waals surface area contributed by atoms with Crippen molar-refractivity contribution in [2.45, 2.75) is 89.4 Å². The molecule has 0 aromatic rings. The molecule has 0 aromatic heterocycles. The Kier molecular flexibility index (Phi) is 4.41. The van der Waals surface area contributed by atoms with Crippen LogP contribution in [0.1, 0.15) is 78.6 Å². The first kappa shape index (κ1) is 19.8. The number of thioether (sulfide) groups is 1. The van der Waals surface area contributed by atoms with E-state index in [1.54, 1.807) is 6.92 Å². The molecule has 2 unspecified atom stereocenters. The Morgan fingerprint density at radius 2 is 1.83 bits per heavy atom. The molecule has 29 heavy (non-hydrogen) atoms. The van der Waals surface area contributed by atoms with Gasteiger partial charge in [0.2, 0.25) is 0 Å². The number of hydrogen-bond donors (Lipinski definition) is 0. The zero-order chi connectivity index (χ0) is 20.6. The molecule has 4 nitrogen and oxygen atoms in total. The summed E-state index contributed by atoms with van der Waals surface area (Å²) in [5.74, 6) is 1.67. The van der Waals surface area contributed by atoms with E-state index in [1.807, 2.05) is 6.08 Å². The largest absolute Gasteiger partial charge is 0.458 e. The van der Waals surface area contributed by atoms with E-state index < -0.39 is 0 Å². The van der Waals surface area contributed by atoms with E-state index in [0.29, 0.717) is 30.6 Å². The molecule has 0 aromatic carbocycles. The lowest BCUT2D eigenvalue weighted by Crippen LogP contribution is -2.57. The minimum absolute atomic E-state index is 0.0119. The summed E-state index contributed by atoms with van der Waals surface area (Å²) in [5.41, 5.74) is 1.09. The smallest absolute Gasteiger partial charge is 0.306 e. The van der Waals surface area contributed by atoms with Gasteiger partial charge in [-0.2, -0.15) is 0 Å². The average Bonchev–Trinajstić information content (AvgIpc) is 3.17. The summed E-state index contributed by atoms with van der Waals surface area (Å²) in [7, 11) is 0. The number of allylic oxidation sites excluding steroid dienone is 1. The van der Waals surface area contributed by atoms with Crippen LogP contribution < -0.4 is 0 Å². The lowest BCUT2D eigenvalue weighted by Gasteiger charge is -2.61. The second kappa shape index (κ2) is 6.45. The van der Waals surface area contributed by atoms with Crippen LogP contribution in [-0.4, -0.2) is 27.7 Å². The van der Waals surface area contributed by atoms with Crippen molar-refractivity contribution in [1.29, 1.82) is 0 Å². The van der Waals surface area contributed by atoms with Crippen LogP contribution in [0, 0.1) is 28.6 Å². The summed E-state index contributed by atoms with van der Waals surface area (Å²) in [5, 5.41) is 0.409. The number of esters is 1. The third-order valence-corrected chi connectivity index (χ3v) is 10.7. The Bertz CT molecular complexity index is 818. The number of hydrogen-bond acceptors (Lipinski definition) is 5. The fourth-order valence-corrected chi connectivity index (χ4v) is 9.36. The Hall–Kier alpha value is -1.10. The number of carbonyl (C=O) groups excluding carboxylic acids is 3. The van der Waals surface area contributed by atoms with E-state index in [4.69, 9.17) is 4.74 Å². The van der Waals surface area contributed by atoms with E-state index in [-0.39, 0.29) is 38.5 Å². The Labute approximate surface area is 177 Å². The summed E-state index contributed by atoms with van der Waals surface area (Å²) in [6.07, 6.45) is 10.0. The van der Waals surface area contributed by atoms with Gasteiger partial charge in [0.05, 0.1) is 0 Å². The third-order valence-electron chi connectivity index (χ3n) is 9.61. The first-order valence-corrected chi connectivity index (χ1v) is 12.2. The van der Waals surface area contributed by atoms with Gasteiger partial charge >= 0.3 is 5.97 Å². The third kappa shape index (κ3) is 2.68. The van der Waals surface area contributed by atoms with Crippen LogP contribution in [0.2, 0.25) is 0 Å². The summed E-state index contributed by atoms with van der Waals surface area (Å²) in [4.78, 5) is 36.4. The van der Waals surface area contributed by atoms with Gasteiger partial charge in [-0.1, -0.05) is 31.2 Å². The maximum absolute atomic E-state index is 12.2. The van der Waals surface area contributed by atoms with E-state index in [9.17, 15) is 14.4 Å². The van der Waals surface area contributed by atoms with E-state index >= 15 is 0 Å². The van der Waals surface area contributed by atoms with Gasteiger partial charge in [0.1, 0.15) is 5.60 Å². The van der Waals surface area contributed by atoms with E-state index in [2.05, 4.69) is 13.8 Å². The molecule has 4 fully saturated rings. The summed E-state index contributed by atoms with van der Waals surface area (Å²) < 4.78 is 6.06. The molecule has 4 aliphatic carbocycles. The molecule has 158 valence electrons. The van der Waals surface area contributed by atoms with Gasteiger partial charge in [-0.05, 0) is 74.2 Å². The first-order chi connectivity index (χ1) is 13.7. The average molecular weight is 417 g/mol. The highest BCUT2D eigenvalue weighted by molar-refractivity contribution is 8.14. The molecule has 1 saturated heterocycles. The molecule has 5 heteroatoms. The Morgan fingerprint density at radius 1 is 1.07 bits per heavy atom. The van der Waals surface area contributed by atoms with Gasteiger partial charge in [-0.15, -0.1) is 0 Å². The highest BCUT2D eigenvalue weighted by Crippen LogP contribution is 2.70. The highest BCUT2D eigenvalue weighted by Gasteiger charge is 2.68. The SMILES string of the molecule is CC(=O)S[C@@H]1CC2=CC(=O)CCC2(C)[C@H]2CCC3(C)[C@@H](CC[C@@]34CCC(=O)O4)[C@H]12. The van der Waals surface area contributed by atoms with Crippen molar-refractivity contribution in [2.75, 3.05) is 0 Å². The fourth-order valence-electron chi connectivity index (χ4n) is 8.13. The molecular formula is C24H32O4S. The molecule has 1 aliphatic heterocycles. The molecule has 3 saturated carbocycles. The summed E-state index contributed by atoms with van der Waals surface area (Å²) >= 11 is 1.50. The van der Waals surface area contributed by atoms with Crippen molar-refractivity contribution >= 4 is 28.6 Å². The van der Waals surface area contributed by atoms with Crippen molar-refractivity contribution < 1.29 is 19.1 Å². The molecule has 0 N–H and O–H groups in total. The minimum atomic E-state index is -0.287. The van der Waals surface area contributed by atoms with Crippen LogP contribution in [0.4, 0.5) is 0 Å². The number of fused-ring (bicyclic) bond motifs is 6. The number of ether oxygens (including phenoxy) is 1. The van der Waals surface area contributed by atoms with Crippen molar-refractivity contribution in [1.82, 2.24) is 0 Å². The molecule has 1 spiro atoms. The number of carbonyl (C=O) groups is 3. The molecule has 0 radical (unpaired) electrons. The molecule has 0 amide bonds. The fraction of sp³-hybridized carbons (Fsp3) is 0.792. The predicted octanol–water partition coefficient (Wildman–Crippen LogP) is 4.85. The highest BCUT2D eigenvalue weighted by atomic mass is 32.2. The van der Waals surface area contributed by atoms with E-state index in [1.165, 1.54) is 17.3 Å². The number of rotatable bonds is 1. The molecule has 5 rings (SSSR count). The molecule has 1 heterocycles. The van der Waals surface area contributed by atoms with E-state index in [0.717, 1.165) is 44.9 Å². The monoisotopic (exact) mass is 416 g/mol. The lowest BCUT2D eigenvalue weighted by atomic mass is 9.46. The van der Waals surface area contributed by atoms with Crippen molar-refractivity contribution in [2.24, 2.45) is 28.6 Å². The Morgan fingerprint density at radius 3 is 2.52 bits per heavy atom. The van der Waals surface area contributed by atoms with Crippen molar-refractivity contribution in [3.63, 3.8) is 0 Å². The summed E-state index contributed by atoms with van der Waals surface area (Å²) in [6, 6.07) is 0. The van der Waals surface area contributed by atoms with Crippen LogP contribution in [0.15, 0.2) is 11.6 Å². The summed E-state index contributed by atoms with van der Waals surface area (Å²) in [6.45, 7) is 6.42. The van der Waals surface area contributed by atoms with Gasteiger partial charge in [0.15, 0.2) is 10.9 Å². The van der Waals surface area contributed by atoms with Gasteiger partial charge < -0.3 is 4.74 Å². The van der Waals surface area contributed by atoms with Gasteiger partial charge in [-0.25, -0.2) is 0 Å². The van der Waals surface area contributed by atoms with Crippen LogP contribution in [0.25, 0.3) is 0 Å². The molecule has 5 aliphatic rings. The molecular weight excluding hydrogens is 384 g/mol. The van der Waals surface area contributed by atoms with Crippen LogP contribution in [0.3, 0.4) is 0 Å². The topological polar surface area (TPSA) is 60.4 Å². The second-order valence-corrected chi connectivity index (χ2v) is 12.1.